The van der Waals surface area contributed by atoms with Gasteiger partial charge in [-0.15, -0.1) is 0 Å². The average molecular weight is 294 g/mol. The van der Waals surface area contributed by atoms with Crippen molar-refractivity contribution in [3.05, 3.63) is 23.8 Å². The minimum Gasteiger partial charge on any atom is -0.458 e. The van der Waals surface area contributed by atoms with Crippen LogP contribution < -0.4 is 0 Å². The van der Waals surface area contributed by atoms with Crippen molar-refractivity contribution in [1.82, 2.24) is 0 Å². The number of hydrogen-bond donors (Lipinski definition) is 2. The number of hydrogen-bond acceptors (Lipinski definition) is 4. The molecule has 0 heterocycles. The molecule has 0 spiro atoms. The summed E-state index contributed by atoms with van der Waals surface area (Å²) < 4.78 is 5.44. The topological polar surface area (TPSA) is 66.8 Å². The number of fused-ring (bicyclic) bond motifs is 1. The number of carbonyl (C=O) groups excluding carboxylic acids is 1. The van der Waals surface area contributed by atoms with Gasteiger partial charge in [0.25, 0.3) is 0 Å². The van der Waals surface area contributed by atoms with E-state index in [9.17, 15) is 15.0 Å². The maximum Gasteiger partial charge on any atom is 0.303 e. The van der Waals surface area contributed by atoms with Crippen molar-refractivity contribution in [3.63, 3.8) is 0 Å². The maximum atomic E-state index is 11.3. The van der Waals surface area contributed by atoms with E-state index in [0.717, 1.165) is 5.57 Å². The standard InChI is InChI=1S/C17H26O4/c1-6-11-13(21-10(5)18)7-12-9(4)16(19)17(20)14(8(2)3)15(11)12/h6,8,12-17,19-20H,4,7H2,1-3,5H3. The van der Waals surface area contributed by atoms with E-state index in [1.807, 2.05) is 13.0 Å². The second-order valence-electron chi connectivity index (χ2n) is 6.59. The smallest absolute Gasteiger partial charge is 0.303 e. The van der Waals surface area contributed by atoms with E-state index < -0.39 is 12.2 Å². The van der Waals surface area contributed by atoms with Crippen LogP contribution in [0, 0.1) is 23.7 Å². The van der Waals surface area contributed by atoms with Crippen LogP contribution >= 0.6 is 0 Å². The molecular weight excluding hydrogens is 268 g/mol. The van der Waals surface area contributed by atoms with Gasteiger partial charge in [-0.3, -0.25) is 4.79 Å². The molecule has 4 heteroatoms. The summed E-state index contributed by atoms with van der Waals surface area (Å²) >= 11 is 0. The van der Waals surface area contributed by atoms with E-state index in [1.165, 1.54) is 6.92 Å². The molecular formula is C17H26O4. The van der Waals surface area contributed by atoms with Crippen LogP contribution in [0.15, 0.2) is 23.8 Å². The maximum absolute atomic E-state index is 11.3. The molecule has 2 saturated carbocycles. The van der Waals surface area contributed by atoms with Gasteiger partial charge in [0.15, 0.2) is 0 Å². The van der Waals surface area contributed by atoms with Crippen molar-refractivity contribution in [2.45, 2.75) is 52.4 Å². The van der Waals surface area contributed by atoms with E-state index >= 15 is 0 Å². The van der Waals surface area contributed by atoms with Crippen molar-refractivity contribution in [2.75, 3.05) is 0 Å². The minimum atomic E-state index is -0.896. The largest absolute Gasteiger partial charge is 0.458 e. The number of rotatable bonds is 2. The lowest BCUT2D eigenvalue weighted by atomic mass is 9.64. The molecule has 0 amide bonds. The van der Waals surface area contributed by atoms with Gasteiger partial charge >= 0.3 is 5.97 Å². The van der Waals surface area contributed by atoms with Gasteiger partial charge in [-0.25, -0.2) is 0 Å². The van der Waals surface area contributed by atoms with Crippen LogP contribution in [0.25, 0.3) is 0 Å². The summed E-state index contributed by atoms with van der Waals surface area (Å²) in [6.45, 7) is 11.4. The van der Waals surface area contributed by atoms with Crippen LogP contribution in [0.1, 0.15) is 34.1 Å². The predicted octanol–water partition coefficient (Wildman–Crippen LogP) is 2.06. The first-order valence-electron chi connectivity index (χ1n) is 7.67. The van der Waals surface area contributed by atoms with E-state index in [0.29, 0.717) is 12.0 Å². The number of aliphatic hydroxyl groups is 2. The molecule has 2 N–H and O–H groups in total. The van der Waals surface area contributed by atoms with Crippen molar-refractivity contribution in [1.29, 1.82) is 0 Å². The summed E-state index contributed by atoms with van der Waals surface area (Å²) in [6.07, 6.45) is 0.664. The molecule has 0 aromatic heterocycles. The summed E-state index contributed by atoms with van der Waals surface area (Å²) in [5.74, 6) is 0.0194. The first-order chi connectivity index (χ1) is 9.79. The Hall–Kier alpha value is -1.13. The summed E-state index contributed by atoms with van der Waals surface area (Å²) in [6, 6.07) is 0. The van der Waals surface area contributed by atoms with Gasteiger partial charge in [-0.1, -0.05) is 26.5 Å². The molecule has 0 saturated heterocycles. The first kappa shape index (κ1) is 16.2. The molecule has 2 rings (SSSR count). The van der Waals surface area contributed by atoms with E-state index in [1.54, 1.807) is 0 Å². The third kappa shape index (κ3) is 2.67. The van der Waals surface area contributed by atoms with E-state index in [-0.39, 0.29) is 35.7 Å². The van der Waals surface area contributed by atoms with Crippen molar-refractivity contribution in [2.24, 2.45) is 23.7 Å². The average Bonchev–Trinajstić information content (AvgIpc) is 2.73. The SMILES string of the molecule is C=C1C(O)C(O)C(C(C)C)C2C(=CC)C(OC(C)=O)CC12. The highest BCUT2D eigenvalue weighted by molar-refractivity contribution is 5.66. The molecule has 4 nitrogen and oxygen atoms in total. The predicted molar refractivity (Wildman–Crippen MR) is 80.4 cm³/mol. The second kappa shape index (κ2) is 5.93. The van der Waals surface area contributed by atoms with Gasteiger partial charge in [-0.05, 0) is 48.2 Å². The van der Waals surface area contributed by atoms with Gasteiger partial charge in [0, 0.05) is 6.92 Å². The Morgan fingerprint density at radius 3 is 2.52 bits per heavy atom. The highest BCUT2D eigenvalue weighted by atomic mass is 16.5. The van der Waals surface area contributed by atoms with Crippen LogP contribution in [0.5, 0.6) is 0 Å². The lowest BCUT2D eigenvalue weighted by molar-refractivity contribution is -0.144. The number of esters is 1. The molecule has 6 unspecified atom stereocenters. The number of allylic oxidation sites excluding steroid dienone is 1. The summed E-state index contributed by atoms with van der Waals surface area (Å²) in [5.41, 5.74) is 1.72. The number of ether oxygens (including phenoxy) is 1. The Bertz CT molecular complexity index is 465. The zero-order chi connectivity index (χ0) is 15.9. The Kier molecular flexibility index (Phi) is 4.59. The zero-order valence-electron chi connectivity index (χ0n) is 13.2. The van der Waals surface area contributed by atoms with Crippen LogP contribution in [-0.2, 0) is 9.53 Å². The van der Waals surface area contributed by atoms with Crippen LogP contribution in [0.3, 0.4) is 0 Å². The van der Waals surface area contributed by atoms with Gasteiger partial charge in [0.05, 0.1) is 6.10 Å². The minimum absolute atomic E-state index is 0.0535. The molecule has 6 atom stereocenters. The molecule has 0 bridgehead atoms. The zero-order valence-corrected chi connectivity index (χ0v) is 13.2. The monoisotopic (exact) mass is 294 g/mol. The first-order valence-corrected chi connectivity index (χ1v) is 7.67. The second-order valence-corrected chi connectivity index (χ2v) is 6.59. The summed E-state index contributed by atoms with van der Waals surface area (Å²) in [5, 5.41) is 20.7. The van der Waals surface area contributed by atoms with Crippen LogP contribution in [-0.4, -0.2) is 34.5 Å². The Balaban J connectivity index is 2.41. The normalized spacial score (nSPS) is 41.5. The lowest BCUT2D eigenvalue weighted by Crippen LogP contribution is -2.49. The van der Waals surface area contributed by atoms with E-state index in [4.69, 9.17) is 4.74 Å². The van der Waals surface area contributed by atoms with Gasteiger partial charge in [-0.2, -0.15) is 0 Å². The Labute approximate surface area is 126 Å². The van der Waals surface area contributed by atoms with Crippen molar-refractivity contribution >= 4 is 5.97 Å². The van der Waals surface area contributed by atoms with Gasteiger partial charge in [0.1, 0.15) is 12.2 Å². The highest BCUT2D eigenvalue weighted by Crippen LogP contribution is 2.53. The third-order valence-corrected chi connectivity index (χ3v) is 5.06. The van der Waals surface area contributed by atoms with Crippen LogP contribution in [0.4, 0.5) is 0 Å². The quantitative estimate of drug-likeness (QED) is 0.604. The molecule has 0 radical (unpaired) electrons. The highest BCUT2D eigenvalue weighted by Gasteiger charge is 2.53. The molecule has 0 aromatic carbocycles. The van der Waals surface area contributed by atoms with E-state index in [2.05, 4.69) is 20.4 Å². The molecule has 118 valence electrons. The molecule has 2 aliphatic carbocycles. The summed E-state index contributed by atoms with van der Waals surface area (Å²) in [4.78, 5) is 11.3. The summed E-state index contributed by atoms with van der Waals surface area (Å²) in [7, 11) is 0. The molecule has 2 aliphatic rings. The van der Waals surface area contributed by atoms with Gasteiger partial charge in [0.2, 0.25) is 0 Å². The molecule has 0 aliphatic heterocycles. The number of aliphatic hydroxyl groups excluding tert-OH is 2. The third-order valence-electron chi connectivity index (χ3n) is 5.06. The Morgan fingerprint density at radius 2 is 2.05 bits per heavy atom. The fraction of sp³-hybridized carbons (Fsp3) is 0.706. The molecule has 2 fully saturated rings. The van der Waals surface area contributed by atoms with Gasteiger partial charge < -0.3 is 14.9 Å². The fourth-order valence-corrected chi connectivity index (χ4v) is 4.20. The van der Waals surface area contributed by atoms with Crippen molar-refractivity contribution in [3.8, 4) is 0 Å². The lowest BCUT2D eigenvalue weighted by Gasteiger charge is -2.44. The fourth-order valence-electron chi connectivity index (χ4n) is 4.20. The van der Waals surface area contributed by atoms with Crippen molar-refractivity contribution < 1.29 is 19.7 Å². The number of carbonyl (C=O) groups is 1. The molecule has 21 heavy (non-hydrogen) atoms. The Morgan fingerprint density at radius 1 is 1.43 bits per heavy atom. The van der Waals surface area contributed by atoms with Crippen LogP contribution in [0.2, 0.25) is 0 Å². The molecule has 0 aromatic rings.